The van der Waals surface area contributed by atoms with Gasteiger partial charge in [0.15, 0.2) is 15.6 Å². The number of amides is 1. The number of aromatic nitrogens is 3. The van der Waals surface area contributed by atoms with E-state index in [9.17, 15) is 61.6 Å². The maximum Gasteiger partial charge on any atom is 0.315 e. The monoisotopic (exact) mass is 880 g/mol. The van der Waals surface area contributed by atoms with Crippen LogP contribution in [0.3, 0.4) is 0 Å². The molecule has 0 saturated carbocycles. The standard InChI is InChI=1S/C32H29FN8O13S4/c1-4-26(42)35-23-16-21(56(46,47)48)12-17-13-25(58(52,53)54)28(29(43)27(17)23)40-39-22-14-18(10-11-24(22)57(49,50)51)34-31-36-30(33)37-32(38-31)41(5-2)19-8-7-9-20(15-19)55(44,45)6-3/h6-16,43H,3-5H2,1-2H3,(H,35,42)(H,46,47,48)(H,49,50,51)(H,52,53,54)(H,34,36,37,38). The van der Waals surface area contributed by atoms with Crippen LogP contribution in [0.2, 0.25) is 0 Å². The third-order valence-corrected chi connectivity index (χ3v) is 11.8. The van der Waals surface area contributed by atoms with Gasteiger partial charge in [0.2, 0.25) is 17.8 Å². The lowest BCUT2D eigenvalue weighted by molar-refractivity contribution is -0.115. The Bertz CT molecular complexity index is 3000. The largest absolute Gasteiger partial charge is 0.505 e. The molecule has 0 atom stereocenters. The number of hydrogen-bond donors (Lipinski definition) is 6. The highest BCUT2D eigenvalue weighted by Crippen LogP contribution is 2.45. The van der Waals surface area contributed by atoms with Gasteiger partial charge in [0.1, 0.15) is 21.2 Å². The van der Waals surface area contributed by atoms with Gasteiger partial charge >= 0.3 is 6.08 Å². The van der Waals surface area contributed by atoms with E-state index in [0.717, 1.165) is 29.7 Å². The Morgan fingerprint density at radius 1 is 0.845 bits per heavy atom. The zero-order chi connectivity index (χ0) is 43.0. The van der Waals surface area contributed by atoms with Gasteiger partial charge in [-0.1, -0.05) is 19.6 Å². The van der Waals surface area contributed by atoms with Crippen molar-refractivity contribution in [2.24, 2.45) is 10.2 Å². The van der Waals surface area contributed by atoms with Crippen LogP contribution in [-0.4, -0.2) is 79.8 Å². The number of halogens is 1. The summed E-state index contributed by atoms with van der Waals surface area (Å²) in [7, 11) is -19.3. The van der Waals surface area contributed by atoms with Crippen LogP contribution < -0.4 is 15.5 Å². The molecule has 1 aromatic heterocycles. The number of rotatable bonds is 14. The third kappa shape index (κ3) is 9.39. The lowest BCUT2D eigenvalue weighted by Crippen LogP contribution is -2.20. The fourth-order valence-corrected chi connectivity index (χ4v) is 7.79. The lowest BCUT2D eigenvalue weighted by Gasteiger charge is -2.21. The fraction of sp³-hybridized carbons (Fsp3) is 0.125. The van der Waals surface area contributed by atoms with E-state index in [-0.39, 0.29) is 35.2 Å². The van der Waals surface area contributed by atoms with Crippen molar-refractivity contribution in [3.8, 4) is 5.75 Å². The number of phenolic OH excluding ortho intramolecular Hbond substituents is 1. The van der Waals surface area contributed by atoms with E-state index in [1.54, 1.807) is 6.92 Å². The second-order valence-electron chi connectivity index (χ2n) is 11.7. The average molecular weight is 881 g/mol. The van der Waals surface area contributed by atoms with Crippen LogP contribution in [0.15, 0.2) is 102 Å². The molecule has 0 fully saturated rings. The van der Waals surface area contributed by atoms with Crippen molar-refractivity contribution in [3.63, 3.8) is 0 Å². The van der Waals surface area contributed by atoms with Gasteiger partial charge in [0, 0.05) is 35.1 Å². The minimum atomic E-state index is -5.37. The van der Waals surface area contributed by atoms with E-state index >= 15 is 0 Å². The highest BCUT2D eigenvalue weighted by molar-refractivity contribution is 7.94. The molecule has 21 nitrogen and oxygen atoms in total. The molecule has 6 N–H and O–H groups in total. The number of azo groups is 1. The summed E-state index contributed by atoms with van der Waals surface area (Å²) < 4.78 is 143. The first-order chi connectivity index (χ1) is 27.0. The van der Waals surface area contributed by atoms with E-state index in [1.165, 1.54) is 36.1 Å². The number of aromatic hydroxyl groups is 1. The maximum absolute atomic E-state index is 14.8. The van der Waals surface area contributed by atoms with E-state index in [4.69, 9.17) is 0 Å². The minimum absolute atomic E-state index is 0.0927. The van der Waals surface area contributed by atoms with Crippen molar-refractivity contribution in [2.75, 3.05) is 22.1 Å². The predicted molar refractivity (Wildman–Crippen MR) is 204 cm³/mol. The quantitative estimate of drug-likeness (QED) is 0.0617. The molecule has 5 rings (SSSR count). The molecule has 0 bridgehead atoms. The third-order valence-electron chi connectivity index (χ3n) is 7.88. The first kappa shape index (κ1) is 43.1. The first-order valence-electron chi connectivity index (χ1n) is 16.0. The second-order valence-corrected chi connectivity index (χ2v) is 17.8. The zero-order valence-electron chi connectivity index (χ0n) is 29.6. The van der Waals surface area contributed by atoms with Gasteiger partial charge in [0.05, 0.1) is 15.5 Å². The molecule has 0 aliphatic carbocycles. The van der Waals surface area contributed by atoms with E-state index in [1.807, 2.05) is 0 Å². The fourth-order valence-electron chi connectivity index (χ4n) is 5.24. The summed E-state index contributed by atoms with van der Waals surface area (Å²) in [5, 5.41) is 23.4. The number of hydrogen-bond acceptors (Lipinski definition) is 17. The van der Waals surface area contributed by atoms with Crippen LogP contribution in [0.5, 0.6) is 5.75 Å². The van der Waals surface area contributed by atoms with Crippen LogP contribution in [0.1, 0.15) is 20.3 Å². The molecule has 306 valence electrons. The van der Waals surface area contributed by atoms with Crippen molar-refractivity contribution in [3.05, 3.63) is 78.7 Å². The van der Waals surface area contributed by atoms with Gasteiger partial charge in [-0.3, -0.25) is 18.5 Å². The van der Waals surface area contributed by atoms with E-state index in [2.05, 4.69) is 42.4 Å². The van der Waals surface area contributed by atoms with E-state index in [0.29, 0.717) is 12.1 Å². The first-order valence-corrected chi connectivity index (χ1v) is 21.9. The maximum atomic E-state index is 14.8. The molecule has 4 aromatic carbocycles. The number of nitrogens with zero attached hydrogens (tertiary/aromatic N) is 6. The number of carbonyl (C=O) groups excluding carboxylic acids is 1. The lowest BCUT2D eigenvalue weighted by atomic mass is 10.1. The molecule has 0 unspecified atom stereocenters. The average Bonchev–Trinajstić information content (AvgIpc) is 3.13. The molecular weight excluding hydrogens is 852 g/mol. The Hall–Kier alpha value is -6.03. The molecule has 1 amide bonds. The van der Waals surface area contributed by atoms with E-state index < -0.39 is 106 Å². The van der Waals surface area contributed by atoms with Crippen LogP contribution in [-0.2, 0) is 45.0 Å². The molecule has 1 heterocycles. The van der Waals surface area contributed by atoms with Crippen LogP contribution in [0, 0.1) is 6.08 Å². The number of nitrogens with one attached hydrogen (secondary N) is 2. The highest BCUT2D eigenvalue weighted by atomic mass is 32.2. The number of phenols is 1. The van der Waals surface area contributed by atoms with Crippen molar-refractivity contribution in [2.45, 2.75) is 39.9 Å². The number of sulfone groups is 1. The van der Waals surface area contributed by atoms with Crippen molar-refractivity contribution in [1.29, 1.82) is 0 Å². The zero-order valence-corrected chi connectivity index (χ0v) is 32.9. The molecule has 0 aliphatic rings. The number of carbonyl (C=O) groups is 1. The molecular formula is C32H29FN8O13S4. The van der Waals surface area contributed by atoms with Crippen molar-refractivity contribution >= 4 is 97.2 Å². The predicted octanol–water partition coefficient (Wildman–Crippen LogP) is 5.19. The summed E-state index contributed by atoms with van der Waals surface area (Å²) >= 11 is 0. The van der Waals surface area contributed by atoms with Gasteiger partial charge < -0.3 is 20.6 Å². The van der Waals surface area contributed by atoms with Gasteiger partial charge in [-0.15, -0.1) is 10.2 Å². The highest BCUT2D eigenvalue weighted by Gasteiger charge is 2.27. The molecule has 26 heteroatoms. The van der Waals surface area contributed by atoms with Crippen LogP contribution in [0.25, 0.3) is 10.8 Å². The molecule has 58 heavy (non-hydrogen) atoms. The number of benzene rings is 4. The molecule has 5 aromatic rings. The molecule has 0 aliphatic heterocycles. The smallest absolute Gasteiger partial charge is 0.315 e. The summed E-state index contributed by atoms with van der Waals surface area (Å²) in [6.07, 6.45) is -1.47. The molecule has 0 saturated heterocycles. The van der Waals surface area contributed by atoms with Gasteiger partial charge in [-0.25, -0.2) is 8.42 Å². The van der Waals surface area contributed by atoms with Gasteiger partial charge in [0.25, 0.3) is 30.4 Å². The SMILES string of the molecule is C=CS(=O)(=O)c1cccc(N(CC)c2nc(F)nc(Nc3ccc(S(=O)(=O)O)c(N=Nc4c(S(=O)(=O)O)cc5cc(S(=O)(=O)O)cc(NC(=O)CC)c5c4O)c3)n2)c1. The Morgan fingerprint density at radius 2 is 1.53 bits per heavy atom. The Morgan fingerprint density at radius 3 is 2.14 bits per heavy atom. The summed E-state index contributed by atoms with van der Waals surface area (Å²) in [5.41, 5.74) is -2.19. The summed E-state index contributed by atoms with van der Waals surface area (Å²) in [6.45, 7) is 6.44. The topological polar surface area (TPSA) is 325 Å². The van der Waals surface area contributed by atoms with Crippen LogP contribution in [0.4, 0.5) is 44.7 Å². The summed E-state index contributed by atoms with van der Waals surface area (Å²) in [6, 6.07) is 10.4. The number of anilines is 5. The Balaban J connectivity index is 1.64. The molecule has 0 spiro atoms. The second kappa shape index (κ2) is 16.1. The number of fused-ring (bicyclic) bond motifs is 1. The summed E-state index contributed by atoms with van der Waals surface area (Å²) in [4.78, 5) is 22.0. The van der Waals surface area contributed by atoms with Gasteiger partial charge in [-0.05, 0) is 66.9 Å². The Kier molecular flexibility index (Phi) is 11.9. The summed E-state index contributed by atoms with van der Waals surface area (Å²) in [5.74, 6) is -2.64. The minimum Gasteiger partial charge on any atom is -0.505 e. The van der Waals surface area contributed by atoms with Gasteiger partial charge in [-0.2, -0.15) is 44.6 Å². The molecule has 0 radical (unpaired) electrons. The van der Waals surface area contributed by atoms with Crippen molar-refractivity contribution < 1.29 is 61.6 Å². The normalized spacial score (nSPS) is 12.4. The van der Waals surface area contributed by atoms with Crippen molar-refractivity contribution in [1.82, 2.24) is 15.0 Å². The Labute approximate surface area is 329 Å². The van der Waals surface area contributed by atoms with Crippen LogP contribution >= 0.6 is 0 Å².